The van der Waals surface area contributed by atoms with E-state index in [2.05, 4.69) is 4.74 Å². The van der Waals surface area contributed by atoms with Crippen LogP contribution in [0.4, 0.5) is 0 Å². The lowest BCUT2D eigenvalue weighted by Crippen LogP contribution is -2.10. The second-order valence-corrected chi connectivity index (χ2v) is 2.61. The summed E-state index contributed by atoms with van der Waals surface area (Å²) in [6.07, 6.45) is 0. The number of carboxylic acid groups (broad SMARTS) is 1. The third kappa shape index (κ3) is 2.23. The van der Waals surface area contributed by atoms with Crippen molar-refractivity contribution in [1.29, 1.82) is 0 Å². The number of hydrogen-bond acceptors (Lipinski definition) is 3. The summed E-state index contributed by atoms with van der Waals surface area (Å²) in [5.74, 6) is -1.91. The number of rotatable bonds is 3. The van der Waals surface area contributed by atoms with Crippen LogP contribution < -0.4 is 0 Å². The first kappa shape index (κ1) is 10.5. The predicted molar refractivity (Wildman–Crippen MR) is 49.5 cm³/mol. The molecule has 0 atom stereocenters. The summed E-state index contributed by atoms with van der Waals surface area (Å²) >= 11 is 5.19. The van der Waals surface area contributed by atoms with Gasteiger partial charge in [0.05, 0.1) is 11.1 Å². The molecular weight excluding hydrogens is 208 g/mol. The van der Waals surface area contributed by atoms with Gasteiger partial charge in [-0.25, -0.2) is 9.59 Å². The Labute approximate surface area is 85.1 Å². The summed E-state index contributed by atoms with van der Waals surface area (Å²) in [6, 6.07) is 5.48. The maximum absolute atomic E-state index is 11.2. The monoisotopic (exact) mass is 214 g/mol. The Morgan fingerprint density at radius 3 is 2.36 bits per heavy atom. The molecule has 0 aliphatic rings. The van der Waals surface area contributed by atoms with Crippen LogP contribution in [0.3, 0.4) is 0 Å². The van der Waals surface area contributed by atoms with Crippen LogP contribution in [-0.4, -0.2) is 23.1 Å². The van der Waals surface area contributed by atoms with Crippen LogP contribution in [-0.2, 0) is 4.74 Å². The molecule has 1 N–H and O–H groups in total. The number of halogens is 1. The number of aromatic carboxylic acids is 1. The Balaban J connectivity index is 3.07. The van der Waals surface area contributed by atoms with Crippen molar-refractivity contribution >= 4 is 23.5 Å². The molecule has 0 saturated carbocycles. The Morgan fingerprint density at radius 1 is 1.29 bits per heavy atom. The van der Waals surface area contributed by atoms with Crippen molar-refractivity contribution in [2.75, 3.05) is 6.07 Å². The van der Waals surface area contributed by atoms with Crippen molar-refractivity contribution in [1.82, 2.24) is 0 Å². The largest absolute Gasteiger partial charge is 0.478 e. The second kappa shape index (κ2) is 4.62. The molecule has 4 nitrogen and oxygen atoms in total. The predicted octanol–water partition coefficient (Wildman–Crippen LogP) is 1.74. The Bertz CT molecular complexity index is 362. The van der Waals surface area contributed by atoms with Crippen LogP contribution in [0.25, 0.3) is 0 Å². The van der Waals surface area contributed by atoms with E-state index < -0.39 is 11.9 Å². The summed E-state index contributed by atoms with van der Waals surface area (Å²) in [6.45, 7) is 0. The van der Waals surface area contributed by atoms with Gasteiger partial charge in [0, 0.05) is 0 Å². The van der Waals surface area contributed by atoms with Gasteiger partial charge < -0.3 is 9.84 Å². The van der Waals surface area contributed by atoms with Crippen LogP contribution in [0, 0.1) is 0 Å². The minimum absolute atomic E-state index is 0.000602. The molecule has 0 amide bonds. The lowest BCUT2D eigenvalue weighted by atomic mass is 10.1. The zero-order valence-corrected chi connectivity index (χ0v) is 7.82. The van der Waals surface area contributed by atoms with Crippen molar-refractivity contribution in [3.8, 4) is 0 Å². The van der Waals surface area contributed by atoms with Gasteiger partial charge in [-0.1, -0.05) is 23.7 Å². The average Bonchev–Trinajstić information content (AvgIpc) is 2.18. The van der Waals surface area contributed by atoms with E-state index in [0.717, 1.165) is 0 Å². The van der Waals surface area contributed by atoms with E-state index in [1.165, 1.54) is 18.2 Å². The molecule has 1 aromatic rings. The SMILES string of the molecule is O=C(O)c1ccccc1C(=O)OCCl. The zero-order valence-electron chi connectivity index (χ0n) is 7.07. The molecule has 0 saturated heterocycles. The van der Waals surface area contributed by atoms with Crippen LogP contribution in [0.2, 0.25) is 0 Å². The van der Waals surface area contributed by atoms with Gasteiger partial charge in [-0.2, -0.15) is 0 Å². The van der Waals surface area contributed by atoms with Gasteiger partial charge in [-0.15, -0.1) is 0 Å². The first-order valence-electron chi connectivity index (χ1n) is 3.72. The summed E-state index contributed by atoms with van der Waals surface area (Å²) in [5, 5.41) is 8.74. The molecule has 0 aliphatic heterocycles. The molecule has 0 unspecified atom stereocenters. The van der Waals surface area contributed by atoms with Crippen LogP contribution >= 0.6 is 11.6 Å². The van der Waals surface area contributed by atoms with Gasteiger partial charge in [0.15, 0.2) is 6.07 Å². The van der Waals surface area contributed by atoms with Gasteiger partial charge in [0.1, 0.15) is 0 Å². The molecule has 0 heterocycles. The molecule has 74 valence electrons. The van der Waals surface area contributed by atoms with Crippen molar-refractivity contribution in [2.45, 2.75) is 0 Å². The fraction of sp³-hybridized carbons (Fsp3) is 0.111. The van der Waals surface area contributed by atoms with Crippen molar-refractivity contribution in [3.63, 3.8) is 0 Å². The highest BCUT2D eigenvalue weighted by molar-refractivity contribution is 6.18. The number of benzene rings is 1. The van der Waals surface area contributed by atoms with E-state index in [0.29, 0.717) is 0 Å². The van der Waals surface area contributed by atoms with E-state index in [-0.39, 0.29) is 17.2 Å². The molecule has 0 aromatic heterocycles. The lowest BCUT2D eigenvalue weighted by Gasteiger charge is -2.03. The zero-order chi connectivity index (χ0) is 10.6. The molecule has 5 heteroatoms. The molecule has 0 aliphatic carbocycles. The highest BCUT2D eigenvalue weighted by atomic mass is 35.5. The van der Waals surface area contributed by atoms with Gasteiger partial charge in [-0.3, -0.25) is 0 Å². The Morgan fingerprint density at radius 2 is 1.86 bits per heavy atom. The molecule has 1 rings (SSSR count). The van der Waals surface area contributed by atoms with Crippen molar-refractivity contribution in [2.24, 2.45) is 0 Å². The van der Waals surface area contributed by atoms with Crippen LogP contribution in [0.15, 0.2) is 24.3 Å². The van der Waals surface area contributed by atoms with Gasteiger partial charge in [0.2, 0.25) is 0 Å². The number of ether oxygens (including phenoxy) is 1. The maximum Gasteiger partial charge on any atom is 0.340 e. The van der Waals surface area contributed by atoms with Crippen molar-refractivity contribution in [3.05, 3.63) is 35.4 Å². The van der Waals surface area contributed by atoms with Crippen LogP contribution in [0.1, 0.15) is 20.7 Å². The fourth-order valence-electron chi connectivity index (χ4n) is 0.975. The minimum Gasteiger partial charge on any atom is -0.478 e. The average molecular weight is 215 g/mol. The highest BCUT2D eigenvalue weighted by Gasteiger charge is 2.16. The number of carbonyl (C=O) groups is 2. The molecule has 0 radical (unpaired) electrons. The topological polar surface area (TPSA) is 63.6 Å². The quantitative estimate of drug-likeness (QED) is 0.615. The van der Waals surface area contributed by atoms with Gasteiger partial charge in [-0.05, 0) is 12.1 Å². The number of carbonyl (C=O) groups excluding carboxylic acids is 1. The van der Waals surface area contributed by atoms with Gasteiger partial charge in [0.25, 0.3) is 0 Å². The summed E-state index contributed by atoms with van der Waals surface area (Å²) in [7, 11) is 0. The van der Waals surface area contributed by atoms with E-state index in [1.807, 2.05) is 0 Å². The number of alkyl halides is 1. The standard InChI is InChI=1S/C9H7ClO4/c10-5-14-9(13)7-4-2-1-3-6(7)8(11)12/h1-4H,5H2,(H,11,12). The highest BCUT2D eigenvalue weighted by Crippen LogP contribution is 2.10. The first-order chi connectivity index (χ1) is 6.66. The molecule has 0 spiro atoms. The first-order valence-corrected chi connectivity index (χ1v) is 4.25. The lowest BCUT2D eigenvalue weighted by molar-refractivity contribution is 0.0559. The molecule has 0 fully saturated rings. The Hall–Kier alpha value is -1.55. The molecule has 0 bridgehead atoms. The fourth-order valence-corrected chi connectivity index (χ4v) is 1.07. The molecule has 1 aromatic carbocycles. The molecular formula is C9H7ClO4. The van der Waals surface area contributed by atoms with E-state index in [4.69, 9.17) is 16.7 Å². The number of hydrogen-bond donors (Lipinski definition) is 1. The third-order valence-corrected chi connectivity index (χ3v) is 1.67. The van der Waals surface area contributed by atoms with E-state index >= 15 is 0 Å². The van der Waals surface area contributed by atoms with E-state index in [9.17, 15) is 9.59 Å². The van der Waals surface area contributed by atoms with Crippen LogP contribution in [0.5, 0.6) is 0 Å². The summed E-state index contributed by atoms with van der Waals surface area (Å²) < 4.78 is 4.48. The maximum atomic E-state index is 11.2. The number of esters is 1. The summed E-state index contributed by atoms with van der Waals surface area (Å²) in [5.41, 5.74) is -0.0942. The third-order valence-electron chi connectivity index (χ3n) is 1.56. The van der Waals surface area contributed by atoms with Crippen molar-refractivity contribution < 1.29 is 19.4 Å². The minimum atomic E-state index is -1.17. The molecule has 14 heavy (non-hydrogen) atoms. The normalized spacial score (nSPS) is 9.50. The smallest absolute Gasteiger partial charge is 0.340 e. The second-order valence-electron chi connectivity index (χ2n) is 2.39. The Kier molecular flexibility index (Phi) is 3.48. The number of carboxylic acids is 1. The summed E-state index contributed by atoms with van der Waals surface area (Å²) in [4.78, 5) is 21.9. The van der Waals surface area contributed by atoms with Gasteiger partial charge >= 0.3 is 11.9 Å². The van der Waals surface area contributed by atoms with E-state index in [1.54, 1.807) is 6.07 Å².